The summed E-state index contributed by atoms with van der Waals surface area (Å²) in [6, 6.07) is 16.0. The van der Waals surface area contributed by atoms with E-state index in [4.69, 9.17) is 10.5 Å². The van der Waals surface area contributed by atoms with Crippen LogP contribution in [0.25, 0.3) is 5.57 Å². The first-order valence-corrected chi connectivity index (χ1v) is 7.29. The Hall–Kier alpha value is -2.55. The highest BCUT2D eigenvalue weighted by molar-refractivity contribution is 5.94. The molecule has 0 aliphatic carbocycles. The van der Waals surface area contributed by atoms with Crippen molar-refractivity contribution in [3.63, 3.8) is 0 Å². The van der Waals surface area contributed by atoms with Gasteiger partial charge in [0.1, 0.15) is 5.75 Å². The number of allylic oxidation sites excluding steroid dienone is 1. The molecule has 3 heteroatoms. The quantitative estimate of drug-likeness (QED) is 0.829. The smallest absolute Gasteiger partial charge is 0.241 e. The van der Waals surface area contributed by atoms with Gasteiger partial charge >= 0.3 is 0 Å². The van der Waals surface area contributed by atoms with E-state index < -0.39 is 5.91 Å². The summed E-state index contributed by atoms with van der Waals surface area (Å²) in [7, 11) is 1.65. The maximum absolute atomic E-state index is 11.3. The summed E-state index contributed by atoms with van der Waals surface area (Å²) in [5, 5.41) is 0. The summed E-state index contributed by atoms with van der Waals surface area (Å²) in [6.07, 6.45) is 3.14. The van der Waals surface area contributed by atoms with Crippen molar-refractivity contribution in [3.05, 3.63) is 71.3 Å². The highest BCUT2D eigenvalue weighted by Crippen LogP contribution is 2.24. The van der Waals surface area contributed by atoms with Gasteiger partial charge in [0.05, 0.1) is 7.11 Å². The fourth-order valence-electron chi connectivity index (χ4n) is 2.46. The van der Waals surface area contributed by atoms with Gasteiger partial charge in [0.15, 0.2) is 0 Å². The number of aryl methyl sites for hydroxylation is 2. The van der Waals surface area contributed by atoms with E-state index >= 15 is 0 Å². The van der Waals surface area contributed by atoms with Gasteiger partial charge in [-0.3, -0.25) is 4.79 Å². The molecule has 0 heterocycles. The third-order valence-corrected chi connectivity index (χ3v) is 3.65. The van der Waals surface area contributed by atoms with E-state index in [1.807, 2.05) is 55.5 Å². The summed E-state index contributed by atoms with van der Waals surface area (Å²) < 4.78 is 5.16. The first kappa shape index (κ1) is 15.8. The summed E-state index contributed by atoms with van der Waals surface area (Å²) in [4.78, 5) is 11.3. The molecule has 114 valence electrons. The molecule has 2 aromatic rings. The van der Waals surface area contributed by atoms with E-state index in [1.54, 1.807) is 7.11 Å². The molecule has 0 aliphatic rings. The number of rotatable bonds is 6. The lowest BCUT2D eigenvalue weighted by atomic mass is 9.94. The Kier molecular flexibility index (Phi) is 5.37. The van der Waals surface area contributed by atoms with Crippen LogP contribution < -0.4 is 10.5 Å². The van der Waals surface area contributed by atoms with Crippen LogP contribution in [0.1, 0.15) is 23.1 Å². The summed E-state index contributed by atoms with van der Waals surface area (Å²) in [5.74, 6) is 0.434. The van der Waals surface area contributed by atoms with E-state index in [0.29, 0.717) is 0 Å². The zero-order chi connectivity index (χ0) is 15.9. The molecule has 0 spiro atoms. The first-order chi connectivity index (χ1) is 10.6. The number of carbonyl (C=O) groups is 1. The fraction of sp³-hybridized carbons (Fsp3) is 0.211. The minimum atomic E-state index is -0.409. The van der Waals surface area contributed by atoms with Crippen LogP contribution in [-0.4, -0.2) is 13.0 Å². The number of methoxy groups -OCH3 is 1. The third-order valence-electron chi connectivity index (χ3n) is 3.65. The van der Waals surface area contributed by atoms with Crippen molar-refractivity contribution in [1.29, 1.82) is 0 Å². The lowest BCUT2D eigenvalue weighted by Crippen LogP contribution is -2.08. The standard InChI is InChI=1S/C19H21NO2/c1-14-5-3-4-6-18(14)16(13-19(20)21)10-7-15-8-11-17(22-2)12-9-15/h3-6,8-9,11-13H,7,10H2,1-2H3,(H2,20,21). The minimum Gasteiger partial charge on any atom is -0.497 e. The average Bonchev–Trinajstić information content (AvgIpc) is 2.52. The maximum Gasteiger partial charge on any atom is 0.241 e. The van der Waals surface area contributed by atoms with E-state index in [1.165, 1.54) is 11.6 Å². The molecular weight excluding hydrogens is 274 g/mol. The summed E-state index contributed by atoms with van der Waals surface area (Å²) in [6.45, 7) is 2.04. The van der Waals surface area contributed by atoms with Gasteiger partial charge in [-0.15, -0.1) is 0 Å². The zero-order valence-corrected chi connectivity index (χ0v) is 13.0. The average molecular weight is 295 g/mol. The summed E-state index contributed by atoms with van der Waals surface area (Å²) >= 11 is 0. The first-order valence-electron chi connectivity index (χ1n) is 7.29. The largest absolute Gasteiger partial charge is 0.497 e. The number of benzene rings is 2. The van der Waals surface area contributed by atoms with Crippen molar-refractivity contribution in [2.45, 2.75) is 19.8 Å². The second-order valence-electron chi connectivity index (χ2n) is 5.23. The zero-order valence-electron chi connectivity index (χ0n) is 13.0. The van der Waals surface area contributed by atoms with Crippen molar-refractivity contribution in [1.82, 2.24) is 0 Å². The van der Waals surface area contributed by atoms with E-state index in [-0.39, 0.29) is 0 Å². The molecule has 0 aliphatic heterocycles. The van der Waals surface area contributed by atoms with Crippen LogP contribution in [0.4, 0.5) is 0 Å². The van der Waals surface area contributed by atoms with E-state index in [0.717, 1.165) is 35.3 Å². The molecule has 0 radical (unpaired) electrons. The molecule has 2 N–H and O–H groups in total. The van der Waals surface area contributed by atoms with Gasteiger partial charge in [0.25, 0.3) is 0 Å². The van der Waals surface area contributed by atoms with E-state index in [2.05, 4.69) is 0 Å². The Morgan fingerprint density at radius 2 is 1.82 bits per heavy atom. The Balaban J connectivity index is 2.17. The highest BCUT2D eigenvalue weighted by atomic mass is 16.5. The highest BCUT2D eigenvalue weighted by Gasteiger charge is 2.07. The molecule has 3 nitrogen and oxygen atoms in total. The van der Waals surface area contributed by atoms with E-state index in [9.17, 15) is 4.79 Å². The number of ether oxygens (including phenoxy) is 1. The lowest BCUT2D eigenvalue weighted by Gasteiger charge is -2.11. The molecule has 0 fully saturated rings. The maximum atomic E-state index is 11.3. The number of nitrogens with two attached hydrogens (primary N) is 1. The normalized spacial score (nSPS) is 11.3. The molecule has 0 saturated carbocycles. The van der Waals surface area contributed by atoms with Crippen molar-refractivity contribution in [3.8, 4) is 5.75 Å². The third kappa shape index (κ3) is 4.22. The van der Waals surface area contributed by atoms with Gasteiger partial charge in [0.2, 0.25) is 5.91 Å². The number of hydrogen-bond donors (Lipinski definition) is 1. The van der Waals surface area contributed by atoms with Gasteiger partial charge in [-0.25, -0.2) is 0 Å². The van der Waals surface area contributed by atoms with Gasteiger partial charge in [-0.2, -0.15) is 0 Å². The van der Waals surface area contributed by atoms with Crippen LogP contribution in [-0.2, 0) is 11.2 Å². The van der Waals surface area contributed by atoms with Gasteiger partial charge < -0.3 is 10.5 Å². The van der Waals surface area contributed by atoms with Crippen LogP contribution in [0.3, 0.4) is 0 Å². The van der Waals surface area contributed by atoms with Gasteiger partial charge in [-0.1, -0.05) is 36.4 Å². The van der Waals surface area contributed by atoms with Crippen molar-refractivity contribution >= 4 is 11.5 Å². The SMILES string of the molecule is COc1ccc(CCC(=CC(N)=O)c2ccccc2C)cc1. The molecule has 0 aromatic heterocycles. The Bertz CT molecular complexity index is 672. The number of amides is 1. The van der Waals surface area contributed by atoms with Crippen molar-refractivity contribution in [2.24, 2.45) is 5.73 Å². The number of carbonyl (C=O) groups excluding carboxylic acids is 1. The topological polar surface area (TPSA) is 52.3 Å². The Morgan fingerprint density at radius 1 is 1.14 bits per heavy atom. The monoisotopic (exact) mass is 295 g/mol. The Morgan fingerprint density at radius 3 is 2.41 bits per heavy atom. The fourth-order valence-corrected chi connectivity index (χ4v) is 2.46. The van der Waals surface area contributed by atoms with Gasteiger partial charge in [0, 0.05) is 6.08 Å². The molecule has 0 atom stereocenters. The Labute approximate surface area is 131 Å². The molecule has 0 unspecified atom stereocenters. The predicted octanol–water partition coefficient (Wildman–Crippen LogP) is 3.51. The number of primary amides is 1. The minimum absolute atomic E-state index is 0.409. The molecule has 0 bridgehead atoms. The van der Waals surface area contributed by atoms with Crippen molar-refractivity contribution < 1.29 is 9.53 Å². The second kappa shape index (κ2) is 7.46. The molecule has 0 saturated heterocycles. The van der Waals surface area contributed by atoms with Crippen LogP contribution in [0.5, 0.6) is 5.75 Å². The molecule has 2 rings (SSSR count). The van der Waals surface area contributed by atoms with Crippen LogP contribution >= 0.6 is 0 Å². The lowest BCUT2D eigenvalue weighted by molar-refractivity contribution is -0.113. The van der Waals surface area contributed by atoms with Crippen molar-refractivity contribution in [2.75, 3.05) is 7.11 Å². The molecule has 2 aromatic carbocycles. The summed E-state index contributed by atoms with van der Waals surface area (Å²) in [5.41, 5.74) is 9.75. The van der Waals surface area contributed by atoms with Crippen LogP contribution in [0.15, 0.2) is 54.6 Å². The molecule has 22 heavy (non-hydrogen) atoms. The second-order valence-corrected chi connectivity index (χ2v) is 5.23. The molecular formula is C19H21NO2. The number of hydrogen-bond acceptors (Lipinski definition) is 2. The van der Waals surface area contributed by atoms with Crippen LogP contribution in [0, 0.1) is 6.92 Å². The predicted molar refractivity (Wildman–Crippen MR) is 89.7 cm³/mol. The molecule has 1 amide bonds. The van der Waals surface area contributed by atoms with Gasteiger partial charge in [-0.05, 0) is 54.2 Å². The van der Waals surface area contributed by atoms with Crippen LogP contribution in [0.2, 0.25) is 0 Å².